The van der Waals surface area contributed by atoms with Gasteiger partial charge in [-0.05, 0) is 26.0 Å². The average Bonchev–Trinajstić information content (AvgIpc) is 2.86. The molecule has 18 heavy (non-hydrogen) atoms. The topological polar surface area (TPSA) is 70.3 Å². The second-order valence-electron chi connectivity index (χ2n) is 3.80. The number of ether oxygens (including phenoxy) is 2. The van der Waals surface area contributed by atoms with E-state index in [9.17, 15) is 0 Å². The molecule has 0 N–H and O–H groups in total. The van der Waals surface area contributed by atoms with E-state index in [-0.39, 0.29) is 12.7 Å². The third-order valence-corrected chi connectivity index (χ3v) is 2.51. The Morgan fingerprint density at radius 1 is 1.44 bits per heavy atom. The third-order valence-electron chi connectivity index (χ3n) is 2.51. The zero-order valence-corrected chi connectivity index (χ0v) is 10.6. The van der Waals surface area contributed by atoms with Crippen LogP contribution in [0.25, 0.3) is 0 Å². The fourth-order valence-electron chi connectivity index (χ4n) is 1.36. The Balaban J connectivity index is 1.98. The minimum atomic E-state index is -0.192. The molecule has 0 fully saturated rings. The molecule has 2 aromatic rings. The molecule has 0 radical (unpaired) electrons. The van der Waals surface area contributed by atoms with Gasteiger partial charge < -0.3 is 14.0 Å². The van der Waals surface area contributed by atoms with Crippen LogP contribution in [0.15, 0.2) is 22.9 Å². The van der Waals surface area contributed by atoms with E-state index in [4.69, 9.17) is 14.0 Å². The van der Waals surface area contributed by atoms with Crippen molar-refractivity contribution in [2.24, 2.45) is 0 Å². The zero-order valence-electron chi connectivity index (χ0n) is 10.6. The first-order chi connectivity index (χ1) is 8.70. The number of nitrogens with zero attached hydrogens (tertiary/aromatic N) is 3. The monoisotopic (exact) mass is 249 g/mol. The van der Waals surface area contributed by atoms with E-state index in [2.05, 4.69) is 15.1 Å². The lowest BCUT2D eigenvalue weighted by atomic mass is 10.3. The lowest BCUT2D eigenvalue weighted by molar-refractivity contribution is 0.109. The molecule has 0 bridgehead atoms. The summed E-state index contributed by atoms with van der Waals surface area (Å²) in [5.74, 6) is 1.63. The highest BCUT2D eigenvalue weighted by atomic mass is 16.5. The van der Waals surface area contributed by atoms with Crippen LogP contribution in [0.2, 0.25) is 0 Å². The Morgan fingerprint density at radius 2 is 2.28 bits per heavy atom. The lowest BCUT2D eigenvalue weighted by Crippen LogP contribution is -2.00. The van der Waals surface area contributed by atoms with Crippen molar-refractivity contribution in [3.8, 4) is 5.75 Å². The van der Waals surface area contributed by atoms with Crippen molar-refractivity contribution in [3.63, 3.8) is 0 Å². The van der Waals surface area contributed by atoms with Crippen LogP contribution in [-0.2, 0) is 11.3 Å². The standard InChI is InChI=1S/C12H15N3O3/c1-8-10(5-4-6-13-8)17-7-11-14-12(15-18-11)9(2)16-3/h4-6,9H,7H2,1-3H3. The van der Waals surface area contributed by atoms with Crippen LogP contribution in [-0.4, -0.2) is 22.2 Å². The molecule has 0 saturated heterocycles. The van der Waals surface area contributed by atoms with E-state index in [1.807, 2.05) is 26.0 Å². The van der Waals surface area contributed by atoms with Gasteiger partial charge in [-0.15, -0.1) is 0 Å². The number of rotatable bonds is 5. The minimum Gasteiger partial charge on any atom is -0.482 e. The summed E-state index contributed by atoms with van der Waals surface area (Å²) in [7, 11) is 1.59. The molecule has 1 atom stereocenters. The summed E-state index contributed by atoms with van der Waals surface area (Å²) < 4.78 is 15.7. The molecule has 96 valence electrons. The van der Waals surface area contributed by atoms with Gasteiger partial charge in [0, 0.05) is 13.3 Å². The Hall–Kier alpha value is -1.95. The van der Waals surface area contributed by atoms with E-state index >= 15 is 0 Å². The fourth-order valence-corrected chi connectivity index (χ4v) is 1.36. The van der Waals surface area contributed by atoms with Crippen LogP contribution in [0.5, 0.6) is 5.75 Å². The van der Waals surface area contributed by atoms with Gasteiger partial charge in [0.05, 0.1) is 5.69 Å². The van der Waals surface area contributed by atoms with Crippen molar-refractivity contribution in [2.75, 3.05) is 7.11 Å². The Labute approximate surface area is 105 Å². The first kappa shape index (κ1) is 12.5. The minimum absolute atomic E-state index is 0.192. The zero-order chi connectivity index (χ0) is 13.0. The summed E-state index contributed by atoms with van der Waals surface area (Å²) >= 11 is 0. The van der Waals surface area contributed by atoms with E-state index < -0.39 is 0 Å². The summed E-state index contributed by atoms with van der Waals surface area (Å²) in [5, 5.41) is 3.81. The van der Waals surface area contributed by atoms with Gasteiger partial charge in [-0.3, -0.25) is 4.98 Å². The van der Waals surface area contributed by atoms with Gasteiger partial charge in [-0.2, -0.15) is 4.98 Å². The maximum atomic E-state index is 5.55. The van der Waals surface area contributed by atoms with Crippen LogP contribution >= 0.6 is 0 Å². The quantitative estimate of drug-likeness (QED) is 0.807. The van der Waals surface area contributed by atoms with Gasteiger partial charge in [-0.1, -0.05) is 5.16 Å². The van der Waals surface area contributed by atoms with E-state index in [0.29, 0.717) is 17.5 Å². The van der Waals surface area contributed by atoms with Crippen molar-refractivity contribution in [1.29, 1.82) is 0 Å². The van der Waals surface area contributed by atoms with Gasteiger partial charge in [0.2, 0.25) is 0 Å². The molecule has 0 aliphatic heterocycles. The summed E-state index contributed by atoms with van der Waals surface area (Å²) in [4.78, 5) is 8.30. The molecule has 6 heteroatoms. The van der Waals surface area contributed by atoms with Gasteiger partial charge in [0.25, 0.3) is 5.89 Å². The van der Waals surface area contributed by atoms with Gasteiger partial charge in [0.1, 0.15) is 11.9 Å². The number of aryl methyl sites for hydroxylation is 1. The van der Waals surface area contributed by atoms with Gasteiger partial charge in [-0.25, -0.2) is 0 Å². The Morgan fingerprint density at radius 3 is 3.00 bits per heavy atom. The van der Waals surface area contributed by atoms with Crippen molar-refractivity contribution in [1.82, 2.24) is 15.1 Å². The van der Waals surface area contributed by atoms with Gasteiger partial charge in [0.15, 0.2) is 12.4 Å². The van der Waals surface area contributed by atoms with Crippen LogP contribution in [0, 0.1) is 6.92 Å². The highest BCUT2D eigenvalue weighted by Gasteiger charge is 2.13. The predicted octanol–water partition coefficient (Wildman–Crippen LogP) is 2.06. The van der Waals surface area contributed by atoms with Crippen molar-refractivity contribution < 1.29 is 14.0 Å². The SMILES string of the molecule is COC(C)c1noc(COc2cccnc2C)n1. The molecule has 0 aliphatic carbocycles. The maximum absolute atomic E-state index is 5.55. The summed E-state index contributed by atoms with van der Waals surface area (Å²) in [6.45, 7) is 3.94. The number of methoxy groups -OCH3 is 1. The summed E-state index contributed by atoms with van der Waals surface area (Å²) in [6.07, 6.45) is 1.52. The predicted molar refractivity (Wildman–Crippen MR) is 63.0 cm³/mol. The molecular formula is C12H15N3O3. The number of hydrogen-bond acceptors (Lipinski definition) is 6. The highest BCUT2D eigenvalue weighted by molar-refractivity contribution is 5.25. The van der Waals surface area contributed by atoms with Crippen LogP contribution < -0.4 is 4.74 Å². The molecule has 0 amide bonds. The van der Waals surface area contributed by atoms with Crippen molar-refractivity contribution in [2.45, 2.75) is 26.6 Å². The fraction of sp³-hybridized carbons (Fsp3) is 0.417. The smallest absolute Gasteiger partial charge is 0.264 e. The largest absolute Gasteiger partial charge is 0.482 e. The molecule has 0 aromatic carbocycles. The molecule has 0 aliphatic rings. The number of pyridine rings is 1. The summed E-state index contributed by atoms with van der Waals surface area (Å²) in [6, 6.07) is 3.66. The first-order valence-corrected chi connectivity index (χ1v) is 5.60. The average molecular weight is 249 g/mol. The number of hydrogen-bond donors (Lipinski definition) is 0. The number of aromatic nitrogens is 3. The van der Waals surface area contributed by atoms with E-state index in [0.717, 1.165) is 5.69 Å². The lowest BCUT2D eigenvalue weighted by Gasteiger charge is -2.04. The maximum Gasteiger partial charge on any atom is 0.264 e. The Kier molecular flexibility index (Phi) is 3.88. The highest BCUT2D eigenvalue weighted by Crippen LogP contribution is 2.16. The van der Waals surface area contributed by atoms with E-state index in [1.54, 1.807) is 13.3 Å². The summed E-state index contributed by atoms with van der Waals surface area (Å²) in [5.41, 5.74) is 0.822. The molecule has 6 nitrogen and oxygen atoms in total. The normalized spacial score (nSPS) is 12.4. The first-order valence-electron chi connectivity index (χ1n) is 5.60. The molecule has 0 saturated carbocycles. The second-order valence-corrected chi connectivity index (χ2v) is 3.80. The van der Waals surface area contributed by atoms with Crippen molar-refractivity contribution in [3.05, 3.63) is 35.7 Å². The molecule has 2 rings (SSSR count). The van der Waals surface area contributed by atoms with Crippen LogP contribution in [0.3, 0.4) is 0 Å². The third kappa shape index (κ3) is 2.84. The molecule has 2 heterocycles. The molecule has 0 spiro atoms. The Bertz CT molecular complexity index is 513. The molecule has 2 aromatic heterocycles. The van der Waals surface area contributed by atoms with E-state index in [1.165, 1.54) is 0 Å². The molecular weight excluding hydrogens is 234 g/mol. The van der Waals surface area contributed by atoms with Crippen LogP contribution in [0.1, 0.15) is 30.4 Å². The van der Waals surface area contributed by atoms with Crippen molar-refractivity contribution >= 4 is 0 Å². The molecule has 1 unspecified atom stereocenters. The van der Waals surface area contributed by atoms with Crippen LogP contribution in [0.4, 0.5) is 0 Å². The second kappa shape index (κ2) is 5.59. The van der Waals surface area contributed by atoms with Gasteiger partial charge >= 0.3 is 0 Å².